The Labute approximate surface area is 234 Å². The minimum absolute atomic E-state index is 0.0108. The highest BCUT2D eigenvalue weighted by atomic mass is 79.9. The molecule has 1 aliphatic carbocycles. The molecular weight excluding hydrogens is 544 g/mol. The van der Waals surface area contributed by atoms with E-state index in [1.807, 2.05) is 6.92 Å². The van der Waals surface area contributed by atoms with Crippen LogP contribution in [0.4, 0.5) is 0 Å². The molecule has 1 saturated heterocycles. The summed E-state index contributed by atoms with van der Waals surface area (Å²) in [5.41, 5.74) is 1.27. The standard InChI is InChI=1S/C31H45BrO4Si/c1-8-9-13-21(2)25(36-37(6,7)31(3,4)5)18-17-22-26(34-28-16-10-11-19-33-28)20-27-29(22)23-14-12-15-24(32)30(23)35-27/h12,14-15,17-18,21-22,25-29H,10-11,13,16,19-20H2,1-7H3/b18-17+/t21?,22-,25?,26+,27-,28?,29-/m0/s1. The third-order valence-corrected chi connectivity index (χ3v) is 13.8. The van der Waals surface area contributed by atoms with Crippen molar-refractivity contribution >= 4 is 24.2 Å². The molecule has 0 radical (unpaired) electrons. The summed E-state index contributed by atoms with van der Waals surface area (Å²) in [4.78, 5) is 0. The van der Waals surface area contributed by atoms with E-state index in [0.29, 0.717) is 5.92 Å². The Kier molecular flexibility index (Phi) is 9.34. The third kappa shape index (κ3) is 6.56. The second kappa shape index (κ2) is 12.0. The summed E-state index contributed by atoms with van der Waals surface area (Å²) < 4.78 is 27.1. The largest absolute Gasteiger partial charge is 0.488 e. The molecule has 2 fully saturated rings. The van der Waals surface area contributed by atoms with Crippen molar-refractivity contribution in [3.63, 3.8) is 0 Å². The Morgan fingerprint density at radius 3 is 2.70 bits per heavy atom. The molecule has 2 heterocycles. The van der Waals surface area contributed by atoms with E-state index in [1.54, 1.807) is 0 Å². The first kappa shape index (κ1) is 28.9. The van der Waals surface area contributed by atoms with Crippen LogP contribution in [0.5, 0.6) is 5.75 Å². The zero-order chi connectivity index (χ0) is 26.8. The van der Waals surface area contributed by atoms with Crippen molar-refractivity contribution in [3.8, 4) is 17.6 Å². The SMILES string of the molecule is CC#CCC(C)C(/C=C/[C@@H]1[C@H]2c3cccc(Br)c3O[C@H]2C[C@H]1OC1CCCCO1)O[Si](C)(C)C(C)(C)C. The molecule has 4 nitrogen and oxygen atoms in total. The van der Waals surface area contributed by atoms with Crippen LogP contribution in [0.25, 0.3) is 0 Å². The topological polar surface area (TPSA) is 36.9 Å². The molecule has 4 rings (SSSR count). The van der Waals surface area contributed by atoms with Gasteiger partial charge in [-0.25, -0.2) is 0 Å². The van der Waals surface area contributed by atoms with Gasteiger partial charge in [0, 0.05) is 36.8 Å². The number of rotatable bonds is 8. The lowest BCUT2D eigenvalue weighted by Crippen LogP contribution is -2.45. The first-order valence-corrected chi connectivity index (χ1v) is 17.7. The van der Waals surface area contributed by atoms with Crippen LogP contribution in [0.3, 0.4) is 0 Å². The van der Waals surface area contributed by atoms with Crippen molar-refractivity contribution in [2.45, 2.75) is 115 Å². The Morgan fingerprint density at radius 2 is 2.03 bits per heavy atom. The Hall–Kier alpha value is -1.10. The molecule has 0 spiro atoms. The van der Waals surface area contributed by atoms with Gasteiger partial charge in [-0.3, -0.25) is 0 Å². The van der Waals surface area contributed by atoms with Gasteiger partial charge in [0.2, 0.25) is 0 Å². The first-order chi connectivity index (χ1) is 17.5. The molecule has 3 unspecified atom stereocenters. The molecular formula is C31H45BrO4Si. The number of halogens is 1. The molecule has 204 valence electrons. The fourth-order valence-electron chi connectivity index (χ4n) is 5.49. The fraction of sp³-hybridized carbons (Fsp3) is 0.677. The minimum atomic E-state index is -1.97. The summed E-state index contributed by atoms with van der Waals surface area (Å²) in [5.74, 6) is 8.10. The van der Waals surface area contributed by atoms with Gasteiger partial charge in [0.15, 0.2) is 14.6 Å². The van der Waals surface area contributed by atoms with Gasteiger partial charge in [0.1, 0.15) is 11.9 Å². The van der Waals surface area contributed by atoms with Gasteiger partial charge >= 0.3 is 0 Å². The smallest absolute Gasteiger partial charge is 0.192 e. The summed E-state index contributed by atoms with van der Waals surface area (Å²) in [5, 5.41) is 0.141. The Morgan fingerprint density at radius 1 is 1.24 bits per heavy atom. The maximum atomic E-state index is 6.99. The van der Waals surface area contributed by atoms with Crippen molar-refractivity contribution in [2.24, 2.45) is 11.8 Å². The first-order valence-electron chi connectivity index (χ1n) is 14.0. The zero-order valence-corrected chi connectivity index (χ0v) is 26.3. The number of benzene rings is 1. The van der Waals surface area contributed by atoms with Crippen LogP contribution in [-0.4, -0.2) is 39.5 Å². The van der Waals surface area contributed by atoms with Crippen LogP contribution in [0.1, 0.15) is 78.2 Å². The van der Waals surface area contributed by atoms with E-state index in [0.717, 1.165) is 48.9 Å². The summed E-state index contributed by atoms with van der Waals surface area (Å²) in [6.07, 6.45) is 9.70. The normalized spacial score (nSPS) is 29.2. The number of hydrogen-bond acceptors (Lipinski definition) is 4. The summed E-state index contributed by atoms with van der Waals surface area (Å²) in [6, 6.07) is 6.39. The predicted octanol–water partition coefficient (Wildman–Crippen LogP) is 8.22. The molecule has 3 aliphatic rings. The van der Waals surface area contributed by atoms with E-state index in [4.69, 9.17) is 18.6 Å². The van der Waals surface area contributed by atoms with Crippen molar-refractivity contribution in [1.82, 2.24) is 0 Å². The number of ether oxygens (including phenoxy) is 3. The maximum Gasteiger partial charge on any atom is 0.192 e. The lowest BCUT2D eigenvalue weighted by molar-refractivity contribution is -0.192. The lowest BCUT2D eigenvalue weighted by atomic mass is 9.87. The average molecular weight is 590 g/mol. The number of para-hydroxylation sites is 1. The van der Waals surface area contributed by atoms with Gasteiger partial charge in [-0.15, -0.1) is 11.8 Å². The van der Waals surface area contributed by atoms with Crippen LogP contribution in [0, 0.1) is 23.7 Å². The van der Waals surface area contributed by atoms with Crippen molar-refractivity contribution < 1.29 is 18.6 Å². The number of hydrogen-bond donors (Lipinski definition) is 0. The highest BCUT2D eigenvalue weighted by molar-refractivity contribution is 9.10. The van der Waals surface area contributed by atoms with Crippen LogP contribution < -0.4 is 4.74 Å². The molecule has 7 atom stereocenters. The van der Waals surface area contributed by atoms with Crippen molar-refractivity contribution in [2.75, 3.05) is 6.61 Å². The molecule has 6 heteroatoms. The van der Waals surface area contributed by atoms with Gasteiger partial charge in [0.05, 0.1) is 16.7 Å². The zero-order valence-electron chi connectivity index (χ0n) is 23.7. The van der Waals surface area contributed by atoms with E-state index in [-0.39, 0.29) is 41.5 Å². The molecule has 0 bridgehead atoms. The second-order valence-corrected chi connectivity index (χ2v) is 18.1. The van der Waals surface area contributed by atoms with Crippen LogP contribution >= 0.6 is 15.9 Å². The highest BCUT2D eigenvalue weighted by Crippen LogP contribution is 2.54. The molecule has 0 N–H and O–H groups in total. The molecule has 2 aliphatic heterocycles. The van der Waals surface area contributed by atoms with Gasteiger partial charge < -0.3 is 18.6 Å². The molecule has 1 aromatic carbocycles. The van der Waals surface area contributed by atoms with E-state index in [1.165, 1.54) is 5.56 Å². The van der Waals surface area contributed by atoms with E-state index < -0.39 is 8.32 Å². The van der Waals surface area contributed by atoms with Crippen LogP contribution in [-0.2, 0) is 13.9 Å². The van der Waals surface area contributed by atoms with Gasteiger partial charge in [-0.1, -0.05) is 52.0 Å². The molecule has 0 aromatic heterocycles. The van der Waals surface area contributed by atoms with E-state index in [2.05, 4.69) is 98.9 Å². The van der Waals surface area contributed by atoms with Crippen LogP contribution in [0.15, 0.2) is 34.8 Å². The summed E-state index contributed by atoms with van der Waals surface area (Å²) >= 11 is 3.70. The molecule has 1 saturated carbocycles. The average Bonchev–Trinajstić information content (AvgIpc) is 3.37. The quantitative estimate of drug-likeness (QED) is 0.174. The predicted molar refractivity (Wildman–Crippen MR) is 156 cm³/mol. The monoisotopic (exact) mass is 588 g/mol. The van der Waals surface area contributed by atoms with Crippen LogP contribution in [0.2, 0.25) is 18.1 Å². The van der Waals surface area contributed by atoms with Crippen molar-refractivity contribution in [3.05, 3.63) is 40.4 Å². The maximum absolute atomic E-state index is 6.99. The van der Waals surface area contributed by atoms with E-state index in [9.17, 15) is 0 Å². The second-order valence-electron chi connectivity index (χ2n) is 12.5. The minimum Gasteiger partial charge on any atom is -0.488 e. The number of fused-ring (bicyclic) bond motifs is 3. The fourth-order valence-corrected chi connectivity index (χ4v) is 7.31. The van der Waals surface area contributed by atoms with E-state index >= 15 is 0 Å². The van der Waals surface area contributed by atoms with Crippen molar-refractivity contribution in [1.29, 1.82) is 0 Å². The van der Waals surface area contributed by atoms with Gasteiger partial charge in [-0.2, -0.15) is 0 Å². The molecule has 37 heavy (non-hydrogen) atoms. The summed E-state index contributed by atoms with van der Waals surface area (Å²) in [7, 11) is -1.97. The molecule has 1 aromatic rings. The lowest BCUT2D eigenvalue weighted by Gasteiger charge is -2.40. The highest BCUT2D eigenvalue weighted by Gasteiger charge is 2.51. The Balaban J connectivity index is 1.63. The summed E-state index contributed by atoms with van der Waals surface area (Å²) in [6.45, 7) is 16.5. The Bertz CT molecular complexity index is 1010. The third-order valence-electron chi connectivity index (χ3n) is 8.72. The van der Waals surface area contributed by atoms with Gasteiger partial charge in [-0.05, 0) is 72.2 Å². The van der Waals surface area contributed by atoms with Gasteiger partial charge in [0.25, 0.3) is 0 Å². The molecule has 0 amide bonds.